The molecule has 0 unspecified atom stereocenters. The molecule has 1 aromatic carbocycles. The van der Waals surface area contributed by atoms with Crippen LogP contribution < -0.4 is 5.73 Å². The van der Waals surface area contributed by atoms with Crippen molar-refractivity contribution in [2.75, 3.05) is 7.11 Å². The van der Waals surface area contributed by atoms with Crippen LogP contribution in [0.1, 0.15) is 48.0 Å². The molecule has 0 saturated carbocycles. The number of hydrogen-bond donors (Lipinski definition) is 2. The van der Waals surface area contributed by atoms with E-state index in [0.717, 1.165) is 0 Å². The van der Waals surface area contributed by atoms with E-state index in [9.17, 15) is 14.4 Å². The Labute approximate surface area is 127 Å². The maximum absolute atomic E-state index is 12.8. The third-order valence-corrected chi connectivity index (χ3v) is 3.43. The lowest BCUT2D eigenvalue weighted by Crippen LogP contribution is -2.18. The summed E-state index contributed by atoms with van der Waals surface area (Å²) in [7, 11) is 1.24. The van der Waals surface area contributed by atoms with E-state index < -0.39 is 17.7 Å². The average Bonchev–Trinajstić information content (AvgIpc) is 2.80. The summed E-state index contributed by atoms with van der Waals surface area (Å²) >= 11 is 0. The largest absolute Gasteiger partial charge is 0.465 e. The lowest BCUT2D eigenvalue weighted by atomic mass is 9.95. The summed E-state index contributed by atoms with van der Waals surface area (Å²) in [5.41, 5.74) is 7.04. The third-order valence-electron chi connectivity index (χ3n) is 3.43. The van der Waals surface area contributed by atoms with Crippen LogP contribution in [0.15, 0.2) is 24.3 Å². The predicted octanol–water partition coefficient (Wildman–Crippen LogP) is 1.75. The summed E-state index contributed by atoms with van der Waals surface area (Å²) < 4.78 is 4.69. The van der Waals surface area contributed by atoms with E-state index in [1.165, 1.54) is 19.2 Å². The lowest BCUT2D eigenvalue weighted by Gasteiger charge is -2.08. The van der Waals surface area contributed by atoms with E-state index in [1.54, 1.807) is 26.0 Å². The minimum absolute atomic E-state index is 0.141. The summed E-state index contributed by atoms with van der Waals surface area (Å²) in [6, 6.07) is 6.28. The van der Waals surface area contributed by atoms with E-state index >= 15 is 0 Å². The van der Waals surface area contributed by atoms with Crippen molar-refractivity contribution in [3.63, 3.8) is 0 Å². The predicted molar refractivity (Wildman–Crippen MR) is 80.0 cm³/mol. The lowest BCUT2D eigenvalue weighted by molar-refractivity contribution is 0.0597. The molecule has 0 radical (unpaired) electrons. The number of nitrogens with one attached hydrogen (secondary N) is 1. The average molecular weight is 300 g/mol. The Hall–Kier alpha value is -2.89. The number of rotatable bonds is 4. The van der Waals surface area contributed by atoms with Gasteiger partial charge >= 0.3 is 5.97 Å². The number of carbonyl (C=O) groups is 3. The molecular formula is C16H16N2O4. The molecule has 22 heavy (non-hydrogen) atoms. The fraction of sp³-hybridized carbons (Fsp3) is 0.188. The van der Waals surface area contributed by atoms with Crippen molar-refractivity contribution in [1.82, 2.24) is 4.98 Å². The van der Waals surface area contributed by atoms with Gasteiger partial charge in [0.05, 0.1) is 23.8 Å². The fourth-order valence-electron chi connectivity index (χ4n) is 2.48. The second-order valence-corrected chi connectivity index (χ2v) is 4.86. The summed E-state index contributed by atoms with van der Waals surface area (Å²) in [5, 5.41) is 0. The number of aromatic amines is 1. The Morgan fingerprint density at radius 1 is 1.00 bits per heavy atom. The van der Waals surface area contributed by atoms with Crippen molar-refractivity contribution in [2.45, 2.75) is 13.8 Å². The standard InChI is InChI=1S/C16H16N2O4/c1-8-12(13(15(17)20)9(2)18-8)14(19)10-6-4-5-7-11(10)16(21)22-3/h4-7,18H,1-3H3,(H2,17,20). The molecule has 114 valence electrons. The highest BCUT2D eigenvalue weighted by Gasteiger charge is 2.26. The van der Waals surface area contributed by atoms with E-state index in [1.807, 2.05) is 0 Å². The van der Waals surface area contributed by atoms with Crippen LogP contribution in [0.3, 0.4) is 0 Å². The second kappa shape index (κ2) is 5.85. The van der Waals surface area contributed by atoms with Gasteiger partial charge < -0.3 is 15.5 Å². The van der Waals surface area contributed by atoms with Gasteiger partial charge in [-0.15, -0.1) is 0 Å². The van der Waals surface area contributed by atoms with Crippen molar-refractivity contribution < 1.29 is 19.1 Å². The van der Waals surface area contributed by atoms with Gasteiger partial charge in [-0.25, -0.2) is 4.79 Å². The first-order chi connectivity index (χ1) is 10.4. The first-order valence-electron chi connectivity index (χ1n) is 6.59. The van der Waals surface area contributed by atoms with Gasteiger partial charge in [0.25, 0.3) is 5.91 Å². The van der Waals surface area contributed by atoms with Crippen molar-refractivity contribution in [3.8, 4) is 0 Å². The first kappa shape index (κ1) is 15.5. The quantitative estimate of drug-likeness (QED) is 0.663. The zero-order valence-electron chi connectivity index (χ0n) is 12.5. The molecule has 0 spiro atoms. The molecule has 0 fully saturated rings. The SMILES string of the molecule is COC(=O)c1ccccc1C(=O)c1c(C)[nH]c(C)c1C(N)=O. The van der Waals surface area contributed by atoms with Gasteiger partial charge in [-0.1, -0.05) is 18.2 Å². The van der Waals surface area contributed by atoms with Crippen LogP contribution in [0.25, 0.3) is 0 Å². The molecule has 6 nitrogen and oxygen atoms in total. The minimum atomic E-state index is -0.694. The normalized spacial score (nSPS) is 10.3. The Bertz CT molecular complexity index is 774. The number of esters is 1. The van der Waals surface area contributed by atoms with Crippen LogP contribution in [-0.4, -0.2) is 29.8 Å². The van der Waals surface area contributed by atoms with Crippen LogP contribution in [0.4, 0.5) is 0 Å². The topological polar surface area (TPSA) is 102 Å². The van der Waals surface area contributed by atoms with Crippen molar-refractivity contribution in [3.05, 3.63) is 57.9 Å². The molecule has 1 amide bonds. The molecule has 0 aliphatic rings. The van der Waals surface area contributed by atoms with Crippen molar-refractivity contribution in [2.24, 2.45) is 5.73 Å². The monoisotopic (exact) mass is 300 g/mol. The van der Waals surface area contributed by atoms with E-state index in [0.29, 0.717) is 11.4 Å². The molecule has 2 aromatic rings. The molecule has 1 aromatic heterocycles. The second-order valence-electron chi connectivity index (χ2n) is 4.86. The molecule has 0 aliphatic carbocycles. The van der Waals surface area contributed by atoms with Crippen LogP contribution >= 0.6 is 0 Å². The maximum atomic E-state index is 12.8. The van der Waals surface area contributed by atoms with Gasteiger partial charge in [-0.2, -0.15) is 0 Å². The van der Waals surface area contributed by atoms with Gasteiger partial charge in [0.15, 0.2) is 5.78 Å². The van der Waals surface area contributed by atoms with Gasteiger partial charge in [0.1, 0.15) is 0 Å². The third kappa shape index (κ3) is 2.50. The number of aryl methyl sites for hydroxylation is 2. The van der Waals surface area contributed by atoms with Crippen LogP contribution in [0, 0.1) is 13.8 Å². The van der Waals surface area contributed by atoms with Crippen LogP contribution in [0.2, 0.25) is 0 Å². The summed E-state index contributed by atoms with van der Waals surface area (Å²) in [6.45, 7) is 3.34. The zero-order valence-corrected chi connectivity index (χ0v) is 12.5. The number of aromatic nitrogens is 1. The van der Waals surface area contributed by atoms with Crippen LogP contribution in [0.5, 0.6) is 0 Å². The number of primary amides is 1. The summed E-state index contributed by atoms with van der Waals surface area (Å²) in [6.07, 6.45) is 0. The van der Waals surface area contributed by atoms with E-state index in [2.05, 4.69) is 9.72 Å². The smallest absolute Gasteiger partial charge is 0.338 e. The van der Waals surface area contributed by atoms with Crippen molar-refractivity contribution in [1.29, 1.82) is 0 Å². The zero-order chi connectivity index (χ0) is 16.4. The number of hydrogen-bond acceptors (Lipinski definition) is 4. The molecular weight excluding hydrogens is 284 g/mol. The van der Waals surface area contributed by atoms with Crippen molar-refractivity contribution >= 4 is 17.7 Å². The number of ether oxygens (including phenoxy) is 1. The highest BCUT2D eigenvalue weighted by atomic mass is 16.5. The number of H-pyrrole nitrogens is 1. The molecule has 1 heterocycles. The maximum Gasteiger partial charge on any atom is 0.338 e. The number of ketones is 1. The molecule has 0 atom stereocenters. The van der Waals surface area contributed by atoms with Gasteiger partial charge in [-0.3, -0.25) is 9.59 Å². The highest BCUT2D eigenvalue weighted by molar-refractivity contribution is 6.19. The van der Waals surface area contributed by atoms with E-state index in [4.69, 9.17) is 5.73 Å². The van der Waals surface area contributed by atoms with Gasteiger partial charge in [-0.05, 0) is 19.9 Å². The van der Waals surface area contributed by atoms with Crippen LogP contribution in [-0.2, 0) is 4.74 Å². The molecule has 0 bridgehead atoms. The molecule has 2 rings (SSSR count). The summed E-state index contributed by atoms with van der Waals surface area (Å²) in [4.78, 5) is 39.2. The number of benzene rings is 1. The molecule has 3 N–H and O–H groups in total. The van der Waals surface area contributed by atoms with E-state index in [-0.39, 0.29) is 22.3 Å². The molecule has 6 heteroatoms. The Kier molecular flexibility index (Phi) is 4.12. The molecule has 0 aliphatic heterocycles. The summed E-state index contributed by atoms with van der Waals surface area (Å²) in [5.74, 6) is -1.76. The Morgan fingerprint density at radius 3 is 2.09 bits per heavy atom. The Balaban J connectivity index is 2.65. The van der Waals surface area contributed by atoms with Gasteiger partial charge in [0, 0.05) is 17.0 Å². The first-order valence-corrected chi connectivity index (χ1v) is 6.59. The number of carbonyl (C=O) groups excluding carboxylic acids is 3. The van der Waals surface area contributed by atoms with Gasteiger partial charge in [0.2, 0.25) is 0 Å². The number of nitrogens with two attached hydrogens (primary N) is 1. The number of amides is 1. The minimum Gasteiger partial charge on any atom is -0.465 e. The number of methoxy groups -OCH3 is 1. The Morgan fingerprint density at radius 2 is 1.55 bits per heavy atom. The highest BCUT2D eigenvalue weighted by Crippen LogP contribution is 2.23. The fourth-order valence-corrected chi connectivity index (χ4v) is 2.48. The molecule has 0 saturated heterocycles.